The van der Waals surface area contributed by atoms with Crippen LogP contribution in [-0.2, 0) is 4.79 Å². The number of carbonyl (C=O) groups excluding carboxylic acids is 2. The van der Waals surface area contributed by atoms with Gasteiger partial charge in [-0.05, 0) is 30.7 Å². The van der Waals surface area contributed by atoms with Gasteiger partial charge in [-0.2, -0.15) is 0 Å². The number of hydrogen-bond acceptors (Lipinski definition) is 3. The first-order chi connectivity index (χ1) is 9.65. The number of ketones is 1. The summed E-state index contributed by atoms with van der Waals surface area (Å²) in [6.45, 7) is 1.54. The summed E-state index contributed by atoms with van der Waals surface area (Å²) >= 11 is 0. The molecule has 0 amide bonds. The Labute approximate surface area is 117 Å². The minimum atomic E-state index is -0.234. The van der Waals surface area contributed by atoms with E-state index in [9.17, 15) is 9.59 Å². The molecule has 0 saturated carbocycles. The van der Waals surface area contributed by atoms with E-state index in [0.29, 0.717) is 17.7 Å². The van der Waals surface area contributed by atoms with Gasteiger partial charge in [0, 0.05) is 17.0 Å². The molecular formula is C17H14O3. The molecule has 100 valence electrons. The Morgan fingerprint density at radius 1 is 1.15 bits per heavy atom. The first kappa shape index (κ1) is 12.6. The molecule has 3 heteroatoms. The van der Waals surface area contributed by atoms with Crippen molar-refractivity contribution in [1.29, 1.82) is 0 Å². The normalized spacial score (nSPS) is 17.2. The highest BCUT2D eigenvalue weighted by Crippen LogP contribution is 2.39. The monoisotopic (exact) mass is 266 g/mol. The van der Waals surface area contributed by atoms with Crippen molar-refractivity contribution in [2.45, 2.75) is 19.3 Å². The van der Waals surface area contributed by atoms with Crippen LogP contribution in [0.2, 0.25) is 0 Å². The molecule has 3 rings (SSSR count). The van der Waals surface area contributed by atoms with Gasteiger partial charge in [-0.15, -0.1) is 0 Å². The third-order valence-electron chi connectivity index (χ3n) is 3.59. The van der Waals surface area contributed by atoms with Gasteiger partial charge in [0.25, 0.3) is 0 Å². The van der Waals surface area contributed by atoms with Crippen LogP contribution < -0.4 is 4.74 Å². The molecule has 2 aromatic rings. The Bertz CT molecular complexity index is 674. The van der Waals surface area contributed by atoms with Crippen molar-refractivity contribution in [1.82, 2.24) is 0 Å². The minimum Gasteiger partial charge on any atom is -0.426 e. The molecule has 0 spiro atoms. The summed E-state index contributed by atoms with van der Waals surface area (Å²) in [5, 5.41) is 0. The van der Waals surface area contributed by atoms with Crippen LogP contribution in [0.3, 0.4) is 0 Å². The number of Topliss-reactive ketones (excluding diaryl/α,β-unsaturated/α-hetero) is 1. The molecular weight excluding hydrogens is 252 g/mol. The predicted molar refractivity (Wildman–Crippen MR) is 75.0 cm³/mol. The van der Waals surface area contributed by atoms with Gasteiger partial charge in [-0.25, -0.2) is 0 Å². The summed E-state index contributed by atoms with van der Waals surface area (Å²) in [6.07, 6.45) is 0.304. The van der Waals surface area contributed by atoms with E-state index in [1.165, 1.54) is 6.92 Å². The minimum absolute atomic E-state index is 0.0107. The fraction of sp³-hybridized carbons (Fsp3) is 0.176. The summed E-state index contributed by atoms with van der Waals surface area (Å²) < 4.78 is 5.27. The lowest BCUT2D eigenvalue weighted by molar-refractivity contribution is -0.135. The second-order valence-electron chi connectivity index (χ2n) is 4.95. The molecule has 0 aromatic heterocycles. The zero-order valence-electron chi connectivity index (χ0n) is 11.1. The number of esters is 1. The van der Waals surface area contributed by atoms with Crippen molar-refractivity contribution in [3.05, 3.63) is 65.2 Å². The van der Waals surface area contributed by atoms with Gasteiger partial charge in [0.05, 0.1) is 6.42 Å². The Hall–Kier alpha value is -2.42. The van der Waals surface area contributed by atoms with Crippen LogP contribution in [0, 0.1) is 0 Å². The summed E-state index contributed by atoms with van der Waals surface area (Å²) in [4.78, 5) is 23.3. The van der Waals surface area contributed by atoms with Crippen molar-refractivity contribution >= 4 is 11.8 Å². The quantitative estimate of drug-likeness (QED) is 0.475. The van der Waals surface area contributed by atoms with E-state index in [2.05, 4.69) is 0 Å². The molecule has 1 atom stereocenters. The van der Waals surface area contributed by atoms with Crippen LogP contribution >= 0.6 is 0 Å². The van der Waals surface area contributed by atoms with Crippen molar-refractivity contribution in [2.75, 3.05) is 0 Å². The van der Waals surface area contributed by atoms with E-state index in [-0.39, 0.29) is 17.7 Å². The third kappa shape index (κ3) is 2.23. The van der Waals surface area contributed by atoms with Gasteiger partial charge in [-0.3, -0.25) is 9.59 Å². The van der Waals surface area contributed by atoms with Gasteiger partial charge >= 0.3 is 5.97 Å². The highest BCUT2D eigenvalue weighted by Gasteiger charge is 2.28. The molecule has 0 N–H and O–H groups in total. The summed E-state index contributed by atoms with van der Waals surface area (Å²) in [5.41, 5.74) is 2.61. The molecule has 0 saturated heterocycles. The largest absolute Gasteiger partial charge is 0.426 e. The lowest BCUT2D eigenvalue weighted by Gasteiger charge is -2.25. The zero-order chi connectivity index (χ0) is 14.1. The summed E-state index contributed by atoms with van der Waals surface area (Å²) in [7, 11) is 0. The Balaban J connectivity index is 2.12. The van der Waals surface area contributed by atoms with E-state index >= 15 is 0 Å². The molecule has 1 aliphatic heterocycles. The van der Waals surface area contributed by atoms with Gasteiger partial charge in [0.1, 0.15) is 5.75 Å². The van der Waals surface area contributed by atoms with E-state index in [0.717, 1.165) is 11.1 Å². The molecule has 0 aliphatic carbocycles. The SMILES string of the molecule is CC(=O)c1ccc2c(c1)C(c1ccccc1)CC(=O)O2. The van der Waals surface area contributed by atoms with Crippen LogP contribution in [0.4, 0.5) is 0 Å². The molecule has 1 unspecified atom stereocenters. The summed E-state index contributed by atoms with van der Waals surface area (Å²) in [5.74, 6) is 0.283. The van der Waals surface area contributed by atoms with Crippen molar-refractivity contribution in [3.63, 3.8) is 0 Å². The van der Waals surface area contributed by atoms with Crippen LogP contribution in [-0.4, -0.2) is 11.8 Å². The fourth-order valence-electron chi connectivity index (χ4n) is 2.56. The molecule has 1 heterocycles. The third-order valence-corrected chi connectivity index (χ3v) is 3.59. The molecule has 0 fully saturated rings. The number of fused-ring (bicyclic) bond motifs is 1. The number of hydrogen-bond donors (Lipinski definition) is 0. The molecule has 0 radical (unpaired) electrons. The lowest BCUT2D eigenvalue weighted by Crippen LogP contribution is -2.21. The Morgan fingerprint density at radius 3 is 2.60 bits per heavy atom. The van der Waals surface area contributed by atoms with Crippen molar-refractivity contribution in [3.8, 4) is 5.75 Å². The zero-order valence-corrected chi connectivity index (χ0v) is 11.1. The van der Waals surface area contributed by atoms with E-state index in [1.54, 1.807) is 12.1 Å². The van der Waals surface area contributed by atoms with Gasteiger partial charge in [0.2, 0.25) is 0 Å². The second-order valence-corrected chi connectivity index (χ2v) is 4.95. The van der Waals surface area contributed by atoms with Crippen molar-refractivity contribution in [2.24, 2.45) is 0 Å². The second kappa shape index (κ2) is 4.93. The van der Waals surface area contributed by atoms with Crippen LogP contribution in [0.5, 0.6) is 5.75 Å². The molecule has 3 nitrogen and oxygen atoms in total. The molecule has 20 heavy (non-hydrogen) atoms. The Morgan fingerprint density at radius 2 is 1.90 bits per heavy atom. The first-order valence-electron chi connectivity index (χ1n) is 6.55. The number of carbonyl (C=O) groups is 2. The number of ether oxygens (including phenoxy) is 1. The predicted octanol–water partition coefficient (Wildman–Crippen LogP) is 3.33. The average Bonchev–Trinajstić information content (AvgIpc) is 2.46. The standard InChI is InChI=1S/C17H14O3/c1-11(18)13-7-8-16-15(9-13)14(10-17(19)20-16)12-5-3-2-4-6-12/h2-9,14H,10H2,1H3. The lowest BCUT2D eigenvalue weighted by atomic mass is 9.85. The smallest absolute Gasteiger partial charge is 0.312 e. The van der Waals surface area contributed by atoms with Gasteiger partial charge in [0.15, 0.2) is 5.78 Å². The maximum atomic E-state index is 11.7. The first-order valence-corrected chi connectivity index (χ1v) is 6.55. The van der Waals surface area contributed by atoms with E-state index in [1.807, 2.05) is 36.4 Å². The number of benzene rings is 2. The molecule has 1 aliphatic rings. The molecule has 0 bridgehead atoms. The average molecular weight is 266 g/mol. The maximum Gasteiger partial charge on any atom is 0.312 e. The van der Waals surface area contributed by atoms with Gasteiger partial charge in [-0.1, -0.05) is 30.3 Å². The maximum absolute atomic E-state index is 11.7. The highest BCUT2D eigenvalue weighted by molar-refractivity contribution is 5.94. The summed E-state index contributed by atoms with van der Waals surface area (Å²) in [6, 6.07) is 15.1. The number of rotatable bonds is 2. The van der Waals surface area contributed by atoms with Crippen LogP contribution in [0.1, 0.15) is 40.7 Å². The van der Waals surface area contributed by atoms with Crippen LogP contribution in [0.25, 0.3) is 0 Å². The molecule has 2 aromatic carbocycles. The Kier molecular flexibility index (Phi) is 3.11. The van der Waals surface area contributed by atoms with Crippen molar-refractivity contribution < 1.29 is 14.3 Å². The van der Waals surface area contributed by atoms with E-state index < -0.39 is 0 Å². The van der Waals surface area contributed by atoms with Crippen LogP contribution in [0.15, 0.2) is 48.5 Å². The fourth-order valence-corrected chi connectivity index (χ4v) is 2.56. The van der Waals surface area contributed by atoms with E-state index in [4.69, 9.17) is 4.74 Å². The topological polar surface area (TPSA) is 43.4 Å². The highest BCUT2D eigenvalue weighted by atomic mass is 16.5. The van der Waals surface area contributed by atoms with Gasteiger partial charge < -0.3 is 4.74 Å².